The highest BCUT2D eigenvalue weighted by molar-refractivity contribution is 7.92. The van der Waals surface area contributed by atoms with E-state index in [-0.39, 0.29) is 31.6 Å². The zero-order chi connectivity index (χ0) is 13.6. The zero-order valence-electron chi connectivity index (χ0n) is 10.4. The summed E-state index contributed by atoms with van der Waals surface area (Å²) in [5, 5.41) is 0. The highest BCUT2D eigenvalue weighted by Gasteiger charge is 2.31. The molecule has 1 N–H and O–H groups in total. The standard InChI is InChI=1S/C11H18N2O4S/c1-3-5-16-6-7-17-11(14)13(2)10-4-8-18(12,15)9-10/h1,10,12H,4-9H2,2H3. The predicted octanol–water partition coefficient (Wildman–Crippen LogP) is 0.524. The van der Waals surface area contributed by atoms with Crippen LogP contribution in [-0.2, 0) is 19.2 Å². The second-order valence-electron chi connectivity index (χ2n) is 4.11. The van der Waals surface area contributed by atoms with E-state index in [1.807, 2.05) is 0 Å². The van der Waals surface area contributed by atoms with E-state index in [0.29, 0.717) is 12.2 Å². The number of terminal acetylenes is 1. The zero-order valence-corrected chi connectivity index (χ0v) is 11.2. The Morgan fingerprint density at radius 3 is 2.89 bits per heavy atom. The number of amides is 1. The number of rotatable bonds is 5. The van der Waals surface area contributed by atoms with Crippen molar-refractivity contribution in [2.75, 3.05) is 38.4 Å². The van der Waals surface area contributed by atoms with Gasteiger partial charge in [0.15, 0.2) is 0 Å². The highest BCUT2D eigenvalue weighted by atomic mass is 32.2. The highest BCUT2D eigenvalue weighted by Crippen LogP contribution is 2.17. The molecule has 2 atom stereocenters. The number of carbonyl (C=O) groups excluding carboxylic acids is 1. The van der Waals surface area contributed by atoms with Crippen molar-refractivity contribution in [2.24, 2.45) is 0 Å². The molecule has 6 nitrogen and oxygen atoms in total. The van der Waals surface area contributed by atoms with Gasteiger partial charge in [0.25, 0.3) is 0 Å². The van der Waals surface area contributed by atoms with Crippen LogP contribution >= 0.6 is 0 Å². The van der Waals surface area contributed by atoms with E-state index < -0.39 is 15.8 Å². The maximum Gasteiger partial charge on any atom is 0.409 e. The summed E-state index contributed by atoms with van der Waals surface area (Å²) in [5.74, 6) is 2.88. The lowest BCUT2D eigenvalue weighted by atomic mass is 10.2. The summed E-state index contributed by atoms with van der Waals surface area (Å²) < 4.78 is 28.9. The molecule has 2 unspecified atom stereocenters. The van der Waals surface area contributed by atoms with Crippen molar-refractivity contribution >= 4 is 15.8 Å². The fraction of sp³-hybridized carbons (Fsp3) is 0.727. The lowest BCUT2D eigenvalue weighted by molar-refractivity contribution is 0.0635. The van der Waals surface area contributed by atoms with Crippen molar-refractivity contribution in [1.29, 1.82) is 4.78 Å². The van der Waals surface area contributed by atoms with Crippen molar-refractivity contribution in [3.8, 4) is 12.3 Å². The number of nitrogens with zero attached hydrogens (tertiary/aromatic N) is 1. The Morgan fingerprint density at radius 2 is 2.33 bits per heavy atom. The van der Waals surface area contributed by atoms with Crippen LogP contribution in [0.5, 0.6) is 0 Å². The first-order valence-electron chi connectivity index (χ1n) is 5.61. The van der Waals surface area contributed by atoms with E-state index in [9.17, 15) is 9.00 Å². The number of hydrogen-bond acceptors (Lipinski definition) is 5. The number of nitrogens with one attached hydrogen (secondary N) is 1. The van der Waals surface area contributed by atoms with Crippen LogP contribution in [-0.4, -0.2) is 59.6 Å². The Labute approximate surface area is 108 Å². The third-order valence-electron chi connectivity index (χ3n) is 2.72. The summed E-state index contributed by atoms with van der Waals surface area (Å²) >= 11 is 0. The molecule has 1 heterocycles. The Morgan fingerprint density at radius 1 is 1.61 bits per heavy atom. The predicted molar refractivity (Wildman–Crippen MR) is 67.8 cm³/mol. The number of carbonyl (C=O) groups is 1. The van der Waals surface area contributed by atoms with Crippen LogP contribution in [0.4, 0.5) is 4.79 Å². The summed E-state index contributed by atoms with van der Waals surface area (Å²) in [6, 6.07) is -0.172. The molecule has 1 rings (SSSR count). The van der Waals surface area contributed by atoms with Gasteiger partial charge in [0, 0.05) is 28.6 Å². The van der Waals surface area contributed by atoms with Crippen LogP contribution in [0, 0.1) is 17.1 Å². The maximum atomic E-state index is 11.6. The monoisotopic (exact) mass is 274 g/mol. The largest absolute Gasteiger partial charge is 0.447 e. The minimum Gasteiger partial charge on any atom is -0.447 e. The molecule has 0 aromatic heterocycles. The average Bonchev–Trinajstić information content (AvgIpc) is 2.68. The molecular weight excluding hydrogens is 256 g/mol. The minimum atomic E-state index is -2.50. The molecule has 1 fully saturated rings. The first-order valence-corrected chi connectivity index (χ1v) is 7.51. The van der Waals surface area contributed by atoms with Crippen molar-refractivity contribution in [3.63, 3.8) is 0 Å². The molecule has 18 heavy (non-hydrogen) atoms. The summed E-state index contributed by atoms with van der Waals surface area (Å²) in [7, 11) is -0.909. The van der Waals surface area contributed by atoms with Gasteiger partial charge in [0.05, 0.1) is 12.4 Å². The molecule has 0 bridgehead atoms. The quantitative estimate of drug-likeness (QED) is 0.585. The number of ether oxygens (including phenoxy) is 2. The topological polar surface area (TPSA) is 79.7 Å². The first kappa shape index (κ1) is 14.8. The molecule has 0 aromatic rings. The molecule has 7 heteroatoms. The number of hydrogen-bond donors (Lipinski definition) is 1. The SMILES string of the molecule is C#CCOCCOC(=O)N(C)C1CCS(=N)(=O)C1. The van der Waals surface area contributed by atoms with Gasteiger partial charge in [-0.1, -0.05) is 5.92 Å². The lowest BCUT2D eigenvalue weighted by Crippen LogP contribution is -2.38. The lowest BCUT2D eigenvalue weighted by Gasteiger charge is -2.22. The Bertz CT molecular complexity index is 427. The Balaban J connectivity index is 2.28. The normalized spacial score (nSPS) is 26.6. The van der Waals surface area contributed by atoms with Crippen LogP contribution in [0.25, 0.3) is 0 Å². The maximum absolute atomic E-state index is 11.6. The van der Waals surface area contributed by atoms with Crippen LogP contribution in [0.3, 0.4) is 0 Å². The van der Waals surface area contributed by atoms with E-state index in [2.05, 4.69) is 5.92 Å². The van der Waals surface area contributed by atoms with E-state index in [1.165, 1.54) is 4.90 Å². The van der Waals surface area contributed by atoms with E-state index in [4.69, 9.17) is 20.7 Å². The average molecular weight is 274 g/mol. The second kappa shape index (κ2) is 6.61. The summed E-state index contributed by atoms with van der Waals surface area (Å²) in [6.45, 7) is 0.578. The summed E-state index contributed by atoms with van der Waals surface area (Å²) in [6.07, 6.45) is 5.09. The van der Waals surface area contributed by atoms with Crippen molar-refractivity contribution in [2.45, 2.75) is 12.5 Å². The van der Waals surface area contributed by atoms with Gasteiger partial charge in [-0.3, -0.25) is 4.78 Å². The summed E-state index contributed by atoms with van der Waals surface area (Å²) in [5.41, 5.74) is 0. The van der Waals surface area contributed by atoms with Gasteiger partial charge in [-0.25, -0.2) is 9.00 Å². The van der Waals surface area contributed by atoms with Crippen molar-refractivity contribution in [1.82, 2.24) is 4.90 Å². The van der Waals surface area contributed by atoms with Gasteiger partial charge in [-0.2, -0.15) is 0 Å². The molecule has 1 aliphatic heterocycles. The third kappa shape index (κ3) is 4.55. The molecule has 0 saturated carbocycles. The molecule has 0 spiro atoms. The Hall–Kier alpha value is -1.26. The van der Waals surface area contributed by atoms with Crippen LogP contribution in [0.2, 0.25) is 0 Å². The third-order valence-corrected chi connectivity index (χ3v) is 4.54. The fourth-order valence-corrected chi connectivity index (χ4v) is 3.51. The van der Waals surface area contributed by atoms with Gasteiger partial charge < -0.3 is 14.4 Å². The molecule has 0 aromatic carbocycles. The molecule has 0 aliphatic carbocycles. The van der Waals surface area contributed by atoms with Crippen molar-refractivity contribution < 1.29 is 18.5 Å². The molecule has 1 amide bonds. The second-order valence-corrected chi connectivity index (χ2v) is 6.47. The smallest absolute Gasteiger partial charge is 0.409 e. The van der Waals surface area contributed by atoms with Gasteiger partial charge in [0.1, 0.15) is 13.2 Å². The van der Waals surface area contributed by atoms with Gasteiger partial charge in [-0.05, 0) is 6.42 Å². The van der Waals surface area contributed by atoms with E-state index >= 15 is 0 Å². The van der Waals surface area contributed by atoms with Crippen LogP contribution in [0.1, 0.15) is 6.42 Å². The van der Waals surface area contributed by atoms with Crippen LogP contribution < -0.4 is 0 Å². The molecule has 1 saturated heterocycles. The molecule has 1 aliphatic rings. The first-order chi connectivity index (χ1) is 8.46. The van der Waals surface area contributed by atoms with Gasteiger partial charge >= 0.3 is 6.09 Å². The van der Waals surface area contributed by atoms with E-state index in [0.717, 1.165) is 0 Å². The fourth-order valence-electron chi connectivity index (χ4n) is 1.68. The molecule has 102 valence electrons. The Kier molecular flexibility index (Phi) is 5.44. The van der Waals surface area contributed by atoms with Crippen molar-refractivity contribution in [3.05, 3.63) is 0 Å². The summed E-state index contributed by atoms with van der Waals surface area (Å²) in [4.78, 5) is 13.0. The minimum absolute atomic E-state index is 0.133. The molecular formula is C11H18N2O4S. The van der Waals surface area contributed by atoms with Crippen LogP contribution in [0.15, 0.2) is 0 Å². The molecule has 0 radical (unpaired) electrons. The van der Waals surface area contributed by atoms with E-state index in [1.54, 1.807) is 7.05 Å². The van der Waals surface area contributed by atoms with Gasteiger partial charge in [0.2, 0.25) is 0 Å². The van der Waals surface area contributed by atoms with Gasteiger partial charge in [-0.15, -0.1) is 6.42 Å².